The van der Waals surface area contributed by atoms with Crippen molar-refractivity contribution in [2.24, 2.45) is 0 Å². The maximum absolute atomic E-state index is 12.9. The van der Waals surface area contributed by atoms with Crippen LogP contribution in [0.25, 0.3) is 0 Å². The van der Waals surface area contributed by atoms with Crippen molar-refractivity contribution in [3.8, 4) is 0 Å². The molecule has 1 N–H and O–H groups in total. The first-order valence-corrected chi connectivity index (χ1v) is 13.7. The van der Waals surface area contributed by atoms with Gasteiger partial charge in [0.2, 0.25) is 0 Å². The molecule has 7 heteroatoms. The fraction of sp³-hybridized carbons (Fsp3) is 0.762. The monoisotopic (exact) mass is 428 g/mol. The molecule has 1 rings (SSSR count). The van der Waals surface area contributed by atoms with Gasteiger partial charge in [0.15, 0.2) is 14.3 Å². The maximum Gasteiger partial charge on any atom is 0.330 e. The highest BCUT2D eigenvalue weighted by Gasteiger charge is 2.47. The first kappa shape index (κ1) is 25.1. The zero-order valence-corrected chi connectivity index (χ0v) is 21.1. The molecule has 0 saturated carbocycles. The van der Waals surface area contributed by atoms with Crippen molar-refractivity contribution in [1.29, 1.82) is 0 Å². The van der Waals surface area contributed by atoms with Gasteiger partial charge in [-0.05, 0) is 62.6 Å². The summed E-state index contributed by atoms with van der Waals surface area (Å²) in [5.41, 5.74) is 2.30. The summed E-state index contributed by atoms with van der Waals surface area (Å²) in [5.74, 6) is -0.376. The van der Waals surface area contributed by atoms with Crippen LogP contribution in [0.2, 0.25) is 16.6 Å². The molecule has 1 aromatic rings. The number of nitrogens with one attached hydrogen (secondary N) is 1. The second-order valence-electron chi connectivity index (χ2n) is 9.34. The SMILES string of the molecule is CCOC(=O)[C@@H](NS(=O)C(C)(C)C)c1cccn1[Si](C(C)C)(C(C)C)C(C)C. The molecule has 28 heavy (non-hydrogen) atoms. The number of carbonyl (C=O) groups excluding carboxylic acids is 1. The highest BCUT2D eigenvalue weighted by Crippen LogP contribution is 2.44. The summed E-state index contributed by atoms with van der Waals surface area (Å²) in [5, 5.41) is 0. The highest BCUT2D eigenvalue weighted by atomic mass is 32.2. The summed E-state index contributed by atoms with van der Waals surface area (Å²) in [6.07, 6.45) is 2.11. The molecular weight excluding hydrogens is 388 g/mol. The van der Waals surface area contributed by atoms with E-state index >= 15 is 0 Å². The van der Waals surface area contributed by atoms with Crippen molar-refractivity contribution in [3.63, 3.8) is 0 Å². The number of carbonyl (C=O) groups is 1. The molecule has 0 saturated heterocycles. The first-order chi connectivity index (χ1) is 12.8. The van der Waals surface area contributed by atoms with E-state index in [0.29, 0.717) is 23.2 Å². The van der Waals surface area contributed by atoms with Gasteiger partial charge in [0.1, 0.15) is 0 Å². The molecular formula is C21H40N2O3SSi. The van der Waals surface area contributed by atoms with Crippen molar-refractivity contribution < 1.29 is 13.7 Å². The van der Waals surface area contributed by atoms with E-state index < -0.39 is 30.0 Å². The second kappa shape index (κ2) is 9.72. The van der Waals surface area contributed by atoms with Crippen LogP contribution in [0, 0.1) is 0 Å². The minimum atomic E-state index is -2.05. The van der Waals surface area contributed by atoms with E-state index in [1.165, 1.54) is 0 Å². The third-order valence-electron chi connectivity index (χ3n) is 5.57. The number of esters is 1. The van der Waals surface area contributed by atoms with Gasteiger partial charge in [0.05, 0.1) is 22.3 Å². The number of hydrogen-bond acceptors (Lipinski definition) is 3. The Balaban J connectivity index is 3.60. The number of ether oxygens (including phenoxy) is 1. The third-order valence-corrected chi connectivity index (χ3v) is 13.9. The molecule has 2 atom stereocenters. The molecule has 1 aromatic heterocycles. The van der Waals surface area contributed by atoms with Gasteiger partial charge in [-0.25, -0.2) is 13.7 Å². The van der Waals surface area contributed by atoms with E-state index in [2.05, 4.69) is 56.7 Å². The third kappa shape index (κ3) is 4.97. The summed E-state index contributed by atoms with van der Waals surface area (Å²) < 4.78 is 23.1. The van der Waals surface area contributed by atoms with E-state index in [-0.39, 0.29) is 5.97 Å². The van der Waals surface area contributed by atoms with E-state index in [0.717, 1.165) is 5.69 Å². The van der Waals surface area contributed by atoms with Crippen LogP contribution < -0.4 is 4.72 Å². The van der Waals surface area contributed by atoms with E-state index in [4.69, 9.17) is 4.74 Å². The minimum absolute atomic E-state index is 0.293. The minimum Gasteiger partial charge on any atom is -0.465 e. The van der Waals surface area contributed by atoms with Crippen LogP contribution in [0.4, 0.5) is 0 Å². The lowest BCUT2D eigenvalue weighted by molar-refractivity contribution is -0.145. The molecule has 162 valence electrons. The molecule has 0 aliphatic carbocycles. The summed E-state index contributed by atoms with van der Waals surface area (Å²) >= 11 is 0. The predicted octanol–water partition coefficient (Wildman–Crippen LogP) is 5.17. The van der Waals surface area contributed by atoms with Crippen molar-refractivity contribution >= 4 is 25.2 Å². The zero-order valence-electron chi connectivity index (χ0n) is 19.3. The van der Waals surface area contributed by atoms with Crippen LogP contribution in [0.15, 0.2) is 18.3 Å². The van der Waals surface area contributed by atoms with Crippen LogP contribution in [-0.2, 0) is 20.5 Å². The van der Waals surface area contributed by atoms with Gasteiger partial charge in [-0.1, -0.05) is 41.5 Å². The molecule has 0 radical (unpaired) electrons. The van der Waals surface area contributed by atoms with E-state index in [1.54, 1.807) is 6.92 Å². The summed E-state index contributed by atoms with van der Waals surface area (Å²) in [6.45, 7) is 21.5. The Kier molecular flexibility index (Phi) is 8.72. The molecule has 0 fully saturated rings. The quantitative estimate of drug-likeness (QED) is 0.436. The molecule has 0 spiro atoms. The Morgan fingerprint density at radius 2 is 1.64 bits per heavy atom. The standard InChI is InChI=1S/C21H40N2O3SSi/c1-11-26-20(24)19(22-27(25)21(8,9)10)18-13-12-14-23(18)28(15(2)3,16(4)5)17(6)7/h12-17,19,22H,11H2,1-10H3/t19-,27?/m0/s1. The van der Waals surface area contributed by atoms with E-state index in [1.807, 2.05) is 32.9 Å². The van der Waals surface area contributed by atoms with Crippen LogP contribution in [0.1, 0.15) is 81.0 Å². The van der Waals surface area contributed by atoms with Gasteiger partial charge < -0.3 is 8.97 Å². The fourth-order valence-corrected chi connectivity index (χ4v) is 12.0. The van der Waals surface area contributed by atoms with Crippen molar-refractivity contribution in [3.05, 3.63) is 24.0 Å². The Hall–Kier alpha value is -0.923. The van der Waals surface area contributed by atoms with Crippen LogP contribution in [0.3, 0.4) is 0 Å². The van der Waals surface area contributed by atoms with Gasteiger partial charge >= 0.3 is 5.97 Å². The van der Waals surface area contributed by atoms with Gasteiger partial charge in [0, 0.05) is 5.69 Å². The lowest BCUT2D eigenvalue weighted by Gasteiger charge is -2.45. The normalized spacial score (nSPS) is 15.3. The number of rotatable bonds is 9. The van der Waals surface area contributed by atoms with Gasteiger partial charge in [-0.3, -0.25) is 0 Å². The average molecular weight is 429 g/mol. The molecule has 0 bridgehead atoms. The van der Waals surface area contributed by atoms with Crippen LogP contribution >= 0.6 is 0 Å². The summed E-state index contributed by atoms with van der Waals surface area (Å²) in [6, 6.07) is 3.22. The lowest BCUT2D eigenvalue weighted by Crippen LogP contribution is -2.53. The van der Waals surface area contributed by atoms with Crippen LogP contribution in [0.5, 0.6) is 0 Å². The molecule has 1 unspecified atom stereocenters. The molecule has 5 nitrogen and oxygen atoms in total. The smallest absolute Gasteiger partial charge is 0.330 e. The molecule has 0 aromatic carbocycles. The number of aromatic nitrogens is 1. The van der Waals surface area contributed by atoms with Gasteiger partial charge in [0.25, 0.3) is 0 Å². The van der Waals surface area contributed by atoms with Crippen molar-refractivity contribution in [1.82, 2.24) is 8.95 Å². The van der Waals surface area contributed by atoms with Crippen molar-refractivity contribution in [2.45, 2.75) is 96.6 Å². The summed E-state index contributed by atoms with van der Waals surface area (Å²) in [7, 11) is -3.45. The fourth-order valence-electron chi connectivity index (χ4n) is 4.56. The first-order valence-electron chi connectivity index (χ1n) is 10.3. The Morgan fingerprint density at radius 1 is 1.14 bits per heavy atom. The van der Waals surface area contributed by atoms with Crippen molar-refractivity contribution in [2.75, 3.05) is 6.61 Å². The predicted molar refractivity (Wildman–Crippen MR) is 121 cm³/mol. The summed E-state index contributed by atoms with van der Waals surface area (Å²) in [4.78, 5) is 12.9. The molecule has 0 amide bonds. The van der Waals surface area contributed by atoms with Gasteiger partial charge in [-0.2, -0.15) is 0 Å². The Morgan fingerprint density at radius 3 is 2.04 bits per heavy atom. The molecule has 0 aliphatic rings. The second-order valence-corrected chi connectivity index (χ2v) is 17.1. The van der Waals surface area contributed by atoms with Crippen LogP contribution in [-0.4, -0.2) is 34.0 Å². The number of hydrogen-bond donors (Lipinski definition) is 1. The largest absolute Gasteiger partial charge is 0.465 e. The lowest BCUT2D eigenvalue weighted by atomic mass is 10.2. The Labute approximate surface area is 175 Å². The van der Waals surface area contributed by atoms with E-state index in [9.17, 15) is 9.00 Å². The molecule has 1 heterocycles. The number of nitrogens with zero attached hydrogens (tertiary/aromatic N) is 1. The average Bonchev–Trinajstić information content (AvgIpc) is 3.00. The Bertz CT molecular complexity index is 656. The zero-order chi connectivity index (χ0) is 21.9. The maximum atomic E-state index is 12.9. The molecule has 0 aliphatic heterocycles. The van der Waals surface area contributed by atoms with Gasteiger partial charge in [-0.15, -0.1) is 0 Å². The highest BCUT2D eigenvalue weighted by molar-refractivity contribution is 7.84. The topological polar surface area (TPSA) is 60.3 Å².